The van der Waals surface area contributed by atoms with E-state index in [1.54, 1.807) is 13.8 Å². The zero-order valence-corrected chi connectivity index (χ0v) is 10.2. The van der Waals surface area contributed by atoms with Gasteiger partial charge in [0.2, 0.25) is 5.91 Å². The molecule has 3 unspecified atom stereocenters. The molecule has 94 valence electrons. The first-order valence-corrected chi connectivity index (χ1v) is 6.20. The number of carboxylic acid groups (broad SMARTS) is 1. The van der Waals surface area contributed by atoms with Crippen molar-refractivity contribution < 1.29 is 14.7 Å². The van der Waals surface area contributed by atoms with Gasteiger partial charge < -0.3 is 10.4 Å². The Morgan fingerprint density at radius 3 is 2.41 bits per heavy atom. The third kappa shape index (κ3) is 2.35. The second-order valence-electron chi connectivity index (χ2n) is 5.46. The molecule has 1 fully saturated rings. The molecule has 0 spiro atoms. The van der Waals surface area contributed by atoms with Crippen molar-refractivity contribution in [1.29, 1.82) is 0 Å². The van der Waals surface area contributed by atoms with Crippen LogP contribution in [0.2, 0.25) is 0 Å². The number of carbonyl (C=O) groups is 2. The lowest BCUT2D eigenvalue weighted by atomic mass is 9.92. The third-order valence-electron chi connectivity index (χ3n) is 3.85. The SMILES string of the molecule is CC(C)[C@H](NC(=O)C1CC2C=CC1C2)C(=O)O. The summed E-state index contributed by atoms with van der Waals surface area (Å²) >= 11 is 0. The number of fused-ring (bicyclic) bond motifs is 2. The van der Waals surface area contributed by atoms with Gasteiger partial charge in [-0.15, -0.1) is 0 Å². The van der Waals surface area contributed by atoms with E-state index >= 15 is 0 Å². The van der Waals surface area contributed by atoms with Crippen molar-refractivity contribution in [3.8, 4) is 0 Å². The highest BCUT2D eigenvalue weighted by atomic mass is 16.4. The van der Waals surface area contributed by atoms with Crippen LogP contribution in [-0.2, 0) is 9.59 Å². The van der Waals surface area contributed by atoms with Gasteiger partial charge in [-0.3, -0.25) is 4.79 Å². The number of hydrogen-bond donors (Lipinski definition) is 2. The van der Waals surface area contributed by atoms with E-state index in [0.29, 0.717) is 11.8 Å². The summed E-state index contributed by atoms with van der Waals surface area (Å²) in [6, 6.07) is -0.773. The van der Waals surface area contributed by atoms with Gasteiger partial charge >= 0.3 is 5.97 Å². The molecule has 2 N–H and O–H groups in total. The highest BCUT2D eigenvalue weighted by Gasteiger charge is 2.40. The van der Waals surface area contributed by atoms with Gasteiger partial charge in [0, 0.05) is 5.92 Å². The molecule has 0 aromatic rings. The number of rotatable bonds is 4. The Hall–Kier alpha value is -1.32. The second kappa shape index (κ2) is 4.51. The maximum atomic E-state index is 12.0. The van der Waals surface area contributed by atoms with E-state index in [1.165, 1.54) is 0 Å². The van der Waals surface area contributed by atoms with Gasteiger partial charge in [-0.2, -0.15) is 0 Å². The number of allylic oxidation sites excluding steroid dienone is 2. The van der Waals surface area contributed by atoms with Crippen LogP contribution in [0.4, 0.5) is 0 Å². The smallest absolute Gasteiger partial charge is 0.326 e. The quantitative estimate of drug-likeness (QED) is 0.727. The molecule has 4 nitrogen and oxygen atoms in total. The normalized spacial score (nSPS) is 31.8. The zero-order valence-electron chi connectivity index (χ0n) is 10.2. The van der Waals surface area contributed by atoms with Crippen LogP contribution in [0.15, 0.2) is 12.2 Å². The van der Waals surface area contributed by atoms with E-state index in [9.17, 15) is 9.59 Å². The number of carboxylic acids is 1. The van der Waals surface area contributed by atoms with Crippen LogP contribution in [0.1, 0.15) is 26.7 Å². The lowest BCUT2D eigenvalue weighted by Crippen LogP contribution is -2.47. The molecule has 0 saturated heterocycles. The number of amides is 1. The number of nitrogens with one attached hydrogen (secondary N) is 1. The van der Waals surface area contributed by atoms with Crippen LogP contribution >= 0.6 is 0 Å². The Morgan fingerprint density at radius 2 is 2.00 bits per heavy atom. The molecule has 0 aliphatic heterocycles. The molecule has 1 amide bonds. The average Bonchev–Trinajstić information content (AvgIpc) is 2.85. The Morgan fingerprint density at radius 1 is 1.29 bits per heavy atom. The summed E-state index contributed by atoms with van der Waals surface area (Å²) in [7, 11) is 0. The molecule has 0 aromatic heterocycles. The van der Waals surface area contributed by atoms with Crippen molar-refractivity contribution in [2.75, 3.05) is 0 Å². The fraction of sp³-hybridized carbons (Fsp3) is 0.692. The molecule has 17 heavy (non-hydrogen) atoms. The van der Waals surface area contributed by atoms with Gasteiger partial charge in [0.05, 0.1) is 0 Å². The Balaban J connectivity index is 1.97. The monoisotopic (exact) mass is 237 g/mol. The van der Waals surface area contributed by atoms with E-state index < -0.39 is 12.0 Å². The van der Waals surface area contributed by atoms with Gasteiger partial charge in [0.15, 0.2) is 0 Å². The van der Waals surface area contributed by atoms with Crippen molar-refractivity contribution in [3.05, 3.63) is 12.2 Å². The standard InChI is InChI=1S/C13H19NO3/c1-7(2)11(13(16)17)14-12(15)10-6-8-3-4-9(10)5-8/h3-4,7-11H,5-6H2,1-2H3,(H,14,15)(H,16,17)/t8?,9?,10?,11-/m0/s1. The summed E-state index contributed by atoms with van der Waals surface area (Å²) in [6.07, 6.45) is 6.20. The van der Waals surface area contributed by atoms with Crippen molar-refractivity contribution in [3.63, 3.8) is 0 Å². The summed E-state index contributed by atoms with van der Waals surface area (Å²) in [5.41, 5.74) is 0. The Labute approximate surface area is 101 Å². The molecule has 2 aliphatic carbocycles. The first kappa shape index (κ1) is 12.1. The third-order valence-corrected chi connectivity index (χ3v) is 3.85. The average molecular weight is 237 g/mol. The van der Waals surface area contributed by atoms with E-state index in [-0.39, 0.29) is 17.7 Å². The molecule has 0 aromatic carbocycles. The molecule has 1 saturated carbocycles. The highest BCUT2D eigenvalue weighted by molar-refractivity contribution is 5.85. The van der Waals surface area contributed by atoms with Crippen molar-refractivity contribution >= 4 is 11.9 Å². The van der Waals surface area contributed by atoms with Crippen molar-refractivity contribution in [2.45, 2.75) is 32.7 Å². The van der Waals surface area contributed by atoms with Crippen LogP contribution in [-0.4, -0.2) is 23.0 Å². The van der Waals surface area contributed by atoms with Crippen molar-refractivity contribution in [2.24, 2.45) is 23.7 Å². The molecular weight excluding hydrogens is 218 g/mol. The van der Waals surface area contributed by atoms with Crippen LogP contribution in [0.25, 0.3) is 0 Å². The predicted molar refractivity (Wildman–Crippen MR) is 63.2 cm³/mol. The maximum absolute atomic E-state index is 12.0. The maximum Gasteiger partial charge on any atom is 0.326 e. The first-order chi connectivity index (χ1) is 7.99. The predicted octanol–water partition coefficient (Wildman–Crippen LogP) is 1.42. The molecular formula is C13H19NO3. The first-order valence-electron chi connectivity index (χ1n) is 6.20. The molecule has 0 radical (unpaired) electrons. The van der Waals surface area contributed by atoms with E-state index in [0.717, 1.165) is 12.8 Å². The minimum atomic E-state index is -0.952. The fourth-order valence-electron chi connectivity index (χ4n) is 2.86. The number of carbonyl (C=O) groups excluding carboxylic acids is 1. The molecule has 2 rings (SSSR count). The highest BCUT2D eigenvalue weighted by Crippen LogP contribution is 2.43. The summed E-state index contributed by atoms with van der Waals surface area (Å²) in [4.78, 5) is 23.1. The van der Waals surface area contributed by atoms with Crippen molar-refractivity contribution in [1.82, 2.24) is 5.32 Å². The van der Waals surface area contributed by atoms with Gasteiger partial charge in [0.25, 0.3) is 0 Å². The minimum absolute atomic E-state index is 0.0226. The van der Waals surface area contributed by atoms with Gasteiger partial charge in [-0.1, -0.05) is 26.0 Å². The second-order valence-corrected chi connectivity index (χ2v) is 5.46. The number of aliphatic carboxylic acids is 1. The minimum Gasteiger partial charge on any atom is -0.480 e. The van der Waals surface area contributed by atoms with E-state index in [4.69, 9.17) is 5.11 Å². The van der Waals surface area contributed by atoms with Crippen LogP contribution in [0.3, 0.4) is 0 Å². The van der Waals surface area contributed by atoms with E-state index in [2.05, 4.69) is 17.5 Å². The van der Waals surface area contributed by atoms with Gasteiger partial charge in [-0.25, -0.2) is 4.79 Å². The topological polar surface area (TPSA) is 66.4 Å². The molecule has 2 aliphatic rings. The lowest BCUT2D eigenvalue weighted by Gasteiger charge is -2.23. The lowest BCUT2D eigenvalue weighted by molar-refractivity contribution is -0.143. The summed E-state index contributed by atoms with van der Waals surface area (Å²) in [6.45, 7) is 3.61. The van der Waals surface area contributed by atoms with Crippen LogP contribution in [0.5, 0.6) is 0 Å². The molecule has 0 heterocycles. The Bertz CT molecular complexity index is 362. The van der Waals surface area contributed by atoms with E-state index in [1.807, 2.05) is 0 Å². The zero-order chi connectivity index (χ0) is 12.6. The largest absolute Gasteiger partial charge is 0.480 e. The summed E-state index contributed by atoms with van der Waals surface area (Å²) in [5.74, 6) is -0.314. The van der Waals surface area contributed by atoms with Gasteiger partial charge in [-0.05, 0) is 30.6 Å². The number of hydrogen-bond acceptors (Lipinski definition) is 2. The summed E-state index contributed by atoms with van der Waals surface area (Å²) < 4.78 is 0. The molecule has 4 atom stereocenters. The van der Waals surface area contributed by atoms with Gasteiger partial charge in [0.1, 0.15) is 6.04 Å². The molecule has 4 heteroatoms. The fourth-order valence-corrected chi connectivity index (χ4v) is 2.86. The molecule has 2 bridgehead atoms. The summed E-state index contributed by atoms with van der Waals surface area (Å²) in [5, 5.41) is 11.7. The Kier molecular flexibility index (Phi) is 3.22. The van der Waals surface area contributed by atoms with Crippen LogP contribution < -0.4 is 5.32 Å². The van der Waals surface area contributed by atoms with Crippen LogP contribution in [0, 0.1) is 23.7 Å².